The van der Waals surface area contributed by atoms with Gasteiger partial charge in [0.2, 0.25) is 0 Å². The fourth-order valence-electron chi connectivity index (χ4n) is 7.83. The Morgan fingerprint density at radius 3 is 1.43 bits per heavy atom. The number of para-hydroxylation sites is 3. The first-order valence-electron chi connectivity index (χ1n) is 19.3. The molecule has 0 aliphatic carbocycles. The van der Waals surface area contributed by atoms with E-state index in [4.69, 9.17) is 24.4 Å². The van der Waals surface area contributed by atoms with Gasteiger partial charge in [-0.05, 0) is 81.9 Å². The van der Waals surface area contributed by atoms with Crippen LogP contribution in [0.15, 0.2) is 205 Å². The predicted molar refractivity (Wildman–Crippen MR) is 234 cm³/mol. The number of hydrogen-bond acceptors (Lipinski definition) is 5. The molecule has 58 heavy (non-hydrogen) atoms. The summed E-state index contributed by atoms with van der Waals surface area (Å²) >= 11 is 0. The summed E-state index contributed by atoms with van der Waals surface area (Å²) in [6.07, 6.45) is 0. The Labute approximate surface area is 334 Å². The quantitative estimate of drug-likeness (QED) is 0.163. The van der Waals surface area contributed by atoms with E-state index in [1.807, 2.05) is 66.7 Å². The summed E-state index contributed by atoms with van der Waals surface area (Å²) in [5.41, 5.74) is 13.1. The fourth-order valence-corrected chi connectivity index (χ4v) is 7.83. The van der Waals surface area contributed by atoms with Crippen LogP contribution in [0.3, 0.4) is 0 Å². The van der Waals surface area contributed by atoms with Gasteiger partial charge < -0.3 is 4.42 Å². The Hall–Kier alpha value is -7.96. The zero-order chi connectivity index (χ0) is 38.4. The van der Waals surface area contributed by atoms with E-state index in [0.717, 1.165) is 83.0 Å². The van der Waals surface area contributed by atoms with Gasteiger partial charge in [0.25, 0.3) is 0 Å². The van der Waals surface area contributed by atoms with Gasteiger partial charge >= 0.3 is 6.01 Å². The summed E-state index contributed by atoms with van der Waals surface area (Å²) < 4.78 is 8.37. The summed E-state index contributed by atoms with van der Waals surface area (Å²) in [7, 11) is 0. The van der Waals surface area contributed by atoms with Crippen molar-refractivity contribution in [3.63, 3.8) is 0 Å². The van der Waals surface area contributed by atoms with Gasteiger partial charge in [-0.3, -0.25) is 4.57 Å². The largest absolute Gasteiger partial charge is 0.423 e. The minimum atomic E-state index is 0.555. The zero-order valence-corrected chi connectivity index (χ0v) is 31.2. The van der Waals surface area contributed by atoms with E-state index in [1.54, 1.807) is 0 Å². The predicted octanol–water partition coefficient (Wildman–Crippen LogP) is 13.1. The van der Waals surface area contributed by atoms with Gasteiger partial charge in [-0.1, -0.05) is 152 Å². The van der Waals surface area contributed by atoms with Crippen molar-refractivity contribution in [1.82, 2.24) is 24.5 Å². The van der Waals surface area contributed by atoms with E-state index in [1.165, 1.54) is 0 Å². The molecule has 0 amide bonds. The first kappa shape index (κ1) is 33.4. The van der Waals surface area contributed by atoms with Crippen LogP contribution in [-0.4, -0.2) is 24.5 Å². The molecule has 0 saturated heterocycles. The standard InChI is InChI=1S/C52H33N5O/c1-4-14-34(15-5-1)40-30-41(35-16-6-2-7-17-35)32-42(31-40)51-55-49(37-18-8-3-9-19-37)54-50(56-51)38-26-24-36(25-27-38)39-28-29-47-44(33-39)43-20-10-12-22-46(43)57(47)52-53-45-21-11-13-23-48(45)58-52/h1-33H. The van der Waals surface area contributed by atoms with E-state index in [2.05, 4.69) is 138 Å². The molecular formula is C52H33N5O. The van der Waals surface area contributed by atoms with Crippen LogP contribution in [0, 0.1) is 0 Å². The molecule has 6 nitrogen and oxygen atoms in total. The third-order valence-corrected chi connectivity index (χ3v) is 10.7. The second kappa shape index (κ2) is 14.0. The Balaban J connectivity index is 1.01. The van der Waals surface area contributed by atoms with E-state index in [0.29, 0.717) is 23.5 Å². The van der Waals surface area contributed by atoms with Crippen LogP contribution in [0.4, 0.5) is 0 Å². The SMILES string of the molecule is c1ccc(-c2cc(-c3ccccc3)cc(-c3nc(-c4ccccc4)nc(-c4ccc(-c5ccc6c(c5)c5ccccc5n6-c5nc6ccccc6o5)cc4)n3)c2)cc1. The summed E-state index contributed by atoms with van der Waals surface area (Å²) in [5.74, 6) is 1.85. The molecule has 0 atom stereocenters. The molecule has 6 heteroatoms. The van der Waals surface area contributed by atoms with E-state index in [-0.39, 0.29) is 0 Å². The van der Waals surface area contributed by atoms with E-state index >= 15 is 0 Å². The van der Waals surface area contributed by atoms with E-state index in [9.17, 15) is 0 Å². The lowest BCUT2D eigenvalue weighted by Crippen LogP contribution is -2.00. The van der Waals surface area contributed by atoms with Gasteiger partial charge in [-0.15, -0.1) is 0 Å². The molecular weight excluding hydrogens is 711 g/mol. The number of benzene rings is 8. The van der Waals surface area contributed by atoms with Gasteiger partial charge in [-0.25, -0.2) is 15.0 Å². The van der Waals surface area contributed by atoms with E-state index < -0.39 is 0 Å². The molecule has 11 aromatic rings. The lowest BCUT2D eigenvalue weighted by Gasteiger charge is -2.12. The lowest BCUT2D eigenvalue weighted by molar-refractivity contribution is 0.574. The maximum absolute atomic E-state index is 6.26. The summed E-state index contributed by atoms with van der Waals surface area (Å²) in [4.78, 5) is 20.1. The normalized spacial score (nSPS) is 11.4. The van der Waals surface area contributed by atoms with Gasteiger partial charge in [-0.2, -0.15) is 4.98 Å². The Morgan fingerprint density at radius 1 is 0.310 bits per heavy atom. The van der Waals surface area contributed by atoms with Gasteiger partial charge in [0, 0.05) is 27.5 Å². The topological polar surface area (TPSA) is 69.6 Å². The van der Waals surface area contributed by atoms with Crippen molar-refractivity contribution in [1.29, 1.82) is 0 Å². The molecule has 0 fully saturated rings. The highest BCUT2D eigenvalue weighted by Crippen LogP contribution is 2.37. The maximum atomic E-state index is 6.26. The van der Waals surface area contributed by atoms with Crippen LogP contribution in [-0.2, 0) is 0 Å². The smallest absolute Gasteiger partial charge is 0.307 e. The van der Waals surface area contributed by atoms with Crippen molar-refractivity contribution in [3.8, 4) is 73.6 Å². The molecule has 0 spiro atoms. The first-order chi connectivity index (χ1) is 28.7. The molecule has 272 valence electrons. The second-order valence-electron chi connectivity index (χ2n) is 14.3. The molecule has 0 bridgehead atoms. The Morgan fingerprint density at radius 2 is 0.776 bits per heavy atom. The second-order valence-corrected chi connectivity index (χ2v) is 14.3. The Kier molecular flexibility index (Phi) is 8.04. The zero-order valence-electron chi connectivity index (χ0n) is 31.2. The molecule has 3 heterocycles. The van der Waals surface area contributed by atoms with Crippen LogP contribution < -0.4 is 0 Å². The lowest BCUT2D eigenvalue weighted by atomic mass is 9.96. The molecule has 11 rings (SSSR count). The van der Waals surface area contributed by atoms with Crippen molar-refractivity contribution in [2.45, 2.75) is 0 Å². The first-order valence-corrected chi connectivity index (χ1v) is 19.3. The van der Waals surface area contributed by atoms with Crippen molar-refractivity contribution in [2.24, 2.45) is 0 Å². The van der Waals surface area contributed by atoms with Crippen LogP contribution in [0.5, 0.6) is 0 Å². The molecule has 0 aliphatic heterocycles. The molecule has 0 N–H and O–H groups in total. The molecule has 8 aromatic carbocycles. The molecule has 0 radical (unpaired) electrons. The summed E-state index contributed by atoms with van der Waals surface area (Å²) in [6.45, 7) is 0. The summed E-state index contributed by atoms with van der Waals surface area (Å²) in [5, 5.41) is 2.26. The number of hydrogen-bond donors (Lipinski definition) is 0. The highest BCUT2D eigenvalue weighted by molar-refractivity contribution is 6.10. The third kappa shape index (κ3) is 6.01. The molecule has 0 saturated carbocycles. The minimum absolute atomic E-state index is 0.555. The highest BCUT2D eigenvalue weighted by atomic mass is 16.4. The third-order valence-electron chi connectivity index (χ3n) is 10.7. The Bertz CT molecular complexity index is 3170. The maximum Gasteiger partial charge on any atom is 0.307 e. The van der Waals surface area contributed by atoms with Crippen LogP contribution in [0.25, 0.3) is 106 Å². The van der Waals surface area contributed by atoms with Crippen molar-refractivity contribution in [3.05, 3.63) is 200 Å². The molecule has 0 aliphatic rings. The van der Waals surface area contributed by atoms with Crippen molar-refractivity contribution < 1.29 is 4.42 Å². The fraction of sp³-hybridized carbons (Fsp3) is 0. The van der Waals surface area contributed by atoms with Gasteiger partial charge in [0.05, 0.1) is 11.0 Å². The summed E-state index contributed by atoms with van der Waals surface area (Å²) in [6, 6.07) is 69.5. The van der Waals surface area contributed by atoms with Gasteiger partial charge in [0.15, 0.2) is 23.1 Å². The van der Waals surface area contributed by atoms with Crippen LogP contribution >= 0.6 is 0 Å². The average molecular weight is 744 g/mol. The number of aromatic nitrogens is 5. The highest BCUT2D eigenvalue weighted by Gasteiger charge is 2.18. The number of fused-ring (bicyclic) bond motifs is 4. The number of oxazole rings is 1. The van der Waals surface area contributed by atoms with Crippen molar-refractivity contribution in [2.75, 3.05) is 0 Å². The molecule has 3 aromatic heterocycles. The number of rotatable bonds is 7. The van der Waals surface area contributed by atoms with Crippen LogP contribution in [0.1, 0.15) is 0 Å². The number of nitrogens with zero attached hydrogens (tertiary/aromatic N) is 5. The minimum Gasteiger partial charge on any atom is -0.423 e. The monoisotopic (exact) mass is 743 g/mol. The molecule has 0 unspecified atom stereocenters. The van der Waals surface area contributed by atoms with Crippen LogP contribution in [0.2, 0.25) is 0 Å². The average Bonchev–Trinajstić information content (AvgIpc) is 3.88. The van der Waals surface area contributed by atoms with Crippen molar-refractivity contribution >= 4 is 32.9 Å². The van der Waals surface area contributed by atoms with Gasteiger partial charge in [0.1, 0.15) is 5.52 Å².